The highest BCUT2D eigenvalue weighted by Crippen LogP contribution is 2.36. The third-order valence-electron chi connectivity index (χ3n) is 3.49. The summed E-state index contributed by atoms with van der Waals surface area (Å²) in [6, 6.07) is 3.07. The van der Waals surface area contributed by atoms with Crippen molar-refractivity contribution in [2.75, 3.05) is 6.54 Å². The summed E-state index contributed by atoms with van der Waals surface area (Å²) in [7, 11) is 0. The number of hydrogen-bond acceptors (Lipinski definition) is 3. The maximum absolute atomic E-state index is 11.8. The van der Waals surface area contributed by atoms with Crippen molar-refractivity contribution in [3.05, 3.63) is 24.0 Å². The molecule has 4 nitrogen and oxygen atoms in total. The van der Waals surface area contributed by atoms with Gasteiger partial charge in [0.2, 0.25) is 0 Å². The minimum Gasteiger partial charge on any atom is -0.505 e. The third-order valence-corrected chi connectivity index (χ3v) is 3.49. The SMILES string of the molecule is CC1(CNC(=O)c2ncccc2O)CCCC1. The Morgan fingerprint density at radius 3 is 2.88 bits per heavy atom. The monoisotopic (exact) mass is 234 g/mol. The first-order valence-corrected chi connectivity index (χ1v) is 6.03. The third kappa shape index (κ3) is 2.75. The first kappa shape index (κ1) is 11.9. The molecule has 1 aliphatic carbocycles. The van der Waals surface area contributed by atoms with E-state index in [1.54, 1.807) is 6.07 Å². The Hall–Kier alpha value is -1.58. The van der Waals surface area contributed by atoms with Crippen molar-refractivity contribution in [2.24, 2.45) is 5.41 Å². The summed E-state index contributed by atoms with van der Waals surface area (Å²) < 4.78 is 0. The van der Waals surface area contributed by atoms with Gasteiger partial charge in [-0.2, -0.15) is 0 Å². The molecule has 1 aromatic rings. The van der Waals surface area contributed by atoms with Crippen molar-refractivity contribution in [1.82, 2.24) is 10.3 Å². The van der Waals surface area contributed by atoms with E-state index in [0.717, 1.165) is 12.8 Å². The molecule has 0 atom stereocenters. The van der Waals surface area contributed by atoms with E-state index in [1.165, 1.54) is 25.1 Å². The molecule has 2 rings (SSSR count). The molecule has 1 amide bonds. The lowest BCUT2D eigenvalue weighted by Gasteiger charge is -2.23. The molecule has 0 bridgehead atoms. The molecule has 4 heteroatoms. The zero-order chi connectivity index (χ0) is 12.3. The molecule has 92 valence electrons. The maximum atomic E-state index is 11.8. The van der Waals surface area contributed by atoms with Crippen molar-refractivity contribution < 1.29 is 9.90 Å². The van der Waals surface area contributed by atoms with Crippen LogP contribution in [0.1, 0.15) is 43.1 Å². The fourth-order valence-electron chi connectivity index (χ4n) is 2.35. The number of rotatable bonds is 3. The van der Waals surface area contributed by atoms with Gasteiger partial charge in [-0.1, -0.05) is 19.8 Å². The fourth-order valence-corrected chi connectivity index (χ4v) is 2.35. The Kier molecular flexibility index (Phi) is 3.31. The number of hydrogen-bond donors (Lipinski definition) is 2. The highest BCUT2D eigenvalue weighted by molar-refractivity contribution is 5.94. The number of pyridine rings is 1. The number of amides is 1. The minimum absolute atomic E-state index is 0.0680. The first-order chi connectivity index (χ1) is 8.11. The van der Waals surface area contributed by atoms with E-state index >= 15 is 0 Å². The van der Waals surface area contributed by atoms with E-state index in [2.05, 4.69) is 17.2 Å². The Balaban J connectivity index is 1.96. The van der Waals surface area contributed by atoms with Crippen molar-refractivity contribution in [3.63, 3.8) is 0 Å². The molecule has 1 heterocycles. The second kappa shape index (κ2) is 4.73. The van der Waals surface area contributed by atoms with Crippen LogP contribution in [-0.4, -0.2) is 22.5 Å². The lowest BCUT2D eigenvalue weighted by atomic mass is 9.89. The van der Waals surface area contributed by atoms with Crippen LogP contribution in [0.3, 0.4) is 0 Å². The van der Waals surface area contributed by atoms with E-state index in [9.17, 15) is 9.90 Å². The molecule has 0 unspecified atom stereocenters. The molecule has 1 saturated carbocycles. The summed E-state index contributed by atoms with van der Waals surface area (Å²) in [5.41, 5.74) is 0.314. The van der Waals surface area contributed by atoms with Gasteiger partial charge in [0.25, 0.3) is 5.91 Å². The predicted octanol–water partition coefficient (Wildman–Crippen LogP) is 2.10. The van der Waals surface area contributed by atoms with Crippen molar-refractivity contribution >= 4 is 5.91 Å². The van der Waals surface area contributed by atoms with E-state index < -0.39 is 0 Å². The van der Waals surface area contributed by atoms with Crippen molar-refractivity contribution in [2.45, 2.75) is 32.6 Å². The van der Waals surface area contributed by atoms with Gasteiger partial charge in [-0.25, -0.2) is 4.98 Å². The van der Waals surface area contributed by atoms with Gasteiger partial charge in [0, 0.05) is 12.7 Å². The molecule has 2 N–H and O–H groups in total. The zero-order valence-corrected chi connectivity index (χ0v) is 10.1. The fraction of sp³-hybridized carbons (Fsp3) is 0.538. The van der Waals surface area contributed by atoms with Gasteiger partial charge >= 0.3 is 0 Å². The lowest BCUT2D eigenvalue weighted by molar-refractivity contribution is 0.0926. The molecule has 0 spiro atoms. The molecule has 0 aromatic carbocycles. The van der Waals surface area contributed by atoms with Gasteiger partial charge in [-0.05, 0) is 30.4 Å². The molecule has 0 aliphatic heterocycles. The largest absolute Gasteiger partial charge is 0.505 e. The van der Waals surface area contributed by atoms with Gasteiger partial charge in [-0.15, -0.1) is 0 Å². The maximum Gasteiger partial charge on any atom is 0.273 e. The van der Waals surface area contributed by atoms with Crippen molar-refractivity contribution in [3.8, 4) is 5.75 Å². The lowest BCUT2D eigenvalue weighted by Crippen LogP contribution is -2.34. The normalized spacial score (nSPS) is 17.9. The molecule has 1 aliphatic rings. The predicted molar refractivity (Wildman–Crippen MR) is 64.8 cm³/mol. The summed E-state index contributed by atoms with van der Waals surface area (Å²) >= 11 is 0. The Bertz CT molecular complexity index is 412. The minimum atomic E-state index is -0.295. The van der Waals surface area contributed by atoms with Crippen LogP contribution in [-0.2, 0) is 0 Å². The quantitative estimate of drug-likeness (QED) is 0.841. The summed E-state index contributed by atoms with van der Waals surface area (Å²) in [4.78, 5) is 15.7. The van der Waals surface area contributed by atoms with Crippen LogP contribution in [0.5, 0.6) is 5.75 Å². The number of aromatic hydroxyl groups is 1. The van der Waals surface area contributed by atoms with E-state index in [1.807, 2.05) is 0 Å². The van der Waals surface area contributed by atoms with Crippen LogP contribution in [0.4, 0.5) is 0 Å². The molecule has 1 aromatic heterocycles. The summed E-state index contributed by atoms with van der Waals surface area (Å²) in [6.07, 6.45) is 6.29. The molecule has 1 fully saturated rings. The number of carbonyl (C=O) groups excluding carboxylic acids is 1. The average Bonchev–Trinajstić information content (AvgIpc) is 2.74. The van der Waals surface area contributed by atoms with Gasteiger partial charge in [0.15, 0.2) is 5.69 Å². The van der Waals surface area contributed by atoms with Crippen molar-refractivity contribution in [1.29, 1.82) is 0 Å². The van der Waals surface area contributed by atoms with Crippen LogP contribution in [0, 0.1) is 5.41 Å². The number of aromatic nitrogens is 1. The average molecular weight is 234 g/mol. The van der Waals surface area contributed by atoms with Gasteiger partial charge in [0.05, 0.1) is 0 Å². The van der Waals surface area contributed by atoms with Gasteiger partial charge in [-0.3, -0.25) is 4.79 Å². The van der Waals surface area contributed by atoms with Gasteiger partial charge < -0.3 is 10.4 Å². The Morgan fingerprint density at radius 2 is 2.24 bits per heavy atom. The van der Waals surface area contributed by atoms with E-state index in [0.29, 0.717) is 6.54 Å². The number of nitrogens with one attached hydrogen (secondary N) is 1. The van der Waals surface area contributed by atoms with Crippen LogP contribution in [0.25, 0.3) is 0 Å². The summed E-state index contributed by atoms with van der Waals surface area (Å²) in [5.74, 6) is -0.363. The topological polar surface area (TPSA) is 62.2 Å². The summed E-state index contributed by atoms with van der Waals surface area (Å²) in [5, 5.41) is 12.4. The second-order valence-electron chi connectivity index (χ2n) is 5.07. The molecule has 0 radical (unpaired) electrons. The first-order valence-electron chi connectivity index (χ1n) is 6.03. The summed E-state index contributed by atoms with van der Waals surface area (Å²) in [6.45, 7) is 2.85. The Labute approximate surface area is 101 Å². The van der Waals surface area contributed by atoms with Crippen LogP contribution >= 0.6 is 0 Å². The molecular weight excluding hydrogens is 216 g/mol. The highest BCUT2D eigenvalue weighted by Gasteiger charge is 2.29. The van der Waals surface area contributed by atoms with E-state index in [4.69, 9.17) is 0 Å². The molecular formula is C13H18N2O2. The standard InChI is InChI=1S/C13H18N2O2/c1-13(6-2-3-7-13)9-15-12(17)11-10(16)5-4-8-14-11/h4-5,8,16H,2-3,6-7,9H2,1H3,(H,15,17). The zero-order valence-electron chi connectivity index (χ0n) is 10.1. The highest BCUT2D eigenvalue weighted by atomic mass is 16.3. The van der Waals surface area contributed by atoms with Crippen LogP contribution in [0.15, 0.2) is 18.3 Å². The van der Waals surface area contributed by atoms with Gasteiger partial charge in [0.1, 0.15) is 5.75 Å². The van der Waals surface area contributed by atoms with Crippen LogP contribution in [0.2, 0.25) is 0 Å². The number of nitrogens with zero attached hydrogens (tertiary/aromatic N) is 1. The molecule has 0 saturated heterocycles. The number of carbonyl (C=O) groups is 1. The van der Waals surface area contributed by atoms with Crippen LogP contribution < -0.4 is 5.32 Å². The Morgan fingerprint density at radius 1 is 1.53 bits per heavy atom. The second-order valence-corrected chi connectivity index (χ2v) is 5.07. The molecule has 17 heavy (non-hydrogen) atoms. The van der Waals surface area contributed by atoms with E-state index in [-0.39, 0.29) is 22.8 Å². The smallest absolute Gasteiger partial charge is 0.273 e.